The van der Waals surface area contributed by atoms with Crippen LogP contribution in [0.4, 0.5) is 0 Å². The van der Waals surface area contributed by atoms with Crippen molar-refractivity contribution in [2.24, 2.45) is 21.8 Å². The molecule has 0 bridgehead atoms. The van der Waals surface area contributed by atoms with Crippen LogP contribution in [0.15, 0.2) is 113 Å². The summed E-state index contributed by atoms with van der Waals surface area (Å²) in [5.41, 5.74) is 15.9. The number of pyridine rings is 1. The number of rotatable bonds is 7. The quantitative estimate of drug-likeness (QED) is 0.166. The van der Waals surface area contributed by atoms with Crippen LogP contribution in [0, 0.1) is 11.8 Å². The van der Waals surface area contributed by atoms with Crippen LogP contribution in [0.1, 0.15) is 122 Å². The number of aliphatic imine (C=N–C) groups is 2. The average molecular weight is 706 g/mol. The van der Waals surface area contributed by atoms with E-state index in [-0.39, 0.29) is 5.92 Å². The number of amidine groups is 1. The third-order valence-corrected chi connectivity index (χ3v) is 12.9. The summed E-state index contributed by atoms with van der Waals surface area (Å²) in [7, 11) is 0. The molecule has 0 saturated carbocycles. The summed E-state index contributed by atoms with van der Waals surface area (Å²) in [6.07, 6.45) is 23.6. The van der Waals surface area contributed by atoms with Gasteiger partial charge in [-0.1, -0.05) is 131 Å². The molecule has 0 N–H and O–H groups in total. The summed E-state index contributed by atoms with van der Waals surface area (Å²) in [5.74, 6) is 3.48. The van der Waals surface area contributed by atoms with Crippen molar-refractivity contribution in [2.75, 3.05) is 6.54 Å². The highest BCUT2D eigenvalue weighted by Gasteiger charge is 2.28. The van der Waals surface area contributed by atoms with Gasteiger partial charge in [0.2, 0.25) is 0 Å². The molecule has 3 nitrogen and oxygen atoms in total. The van der Waals surface area contributed by atoms with Crippen molar-refractivity contribution in [3.63, 3.8) is 0 Å². The summed E-state index contributed by atoms with van der Waals surface area (Å²) in [6.45, 7) is 10.1. The molecule has 4 aliphatic rings. The Morgan fingerprint density at radius 2 is 1.50 bits per heavy atom. The van der Waals surface area contributed by atoms with Crippen LogP contribution in [0.5, 0.6) is 0 Å². The van der Waals surface area contributed by atoms with E-state index in [1.54, 1.807) is 0 Å². The first-order valence-electron chi connectivity index (χ1n) is 20.4. The van der Waals surface area contributed by atoms with Gasteiger partial charge in [-0.15, -0.1) is 0 Å². The number of aromatic nitrogens is 1. The molecule has 3 aliphatic carbocycles. The predicted molar refractivity (Wildman–Crippen MR) is 231 cm³/mol. The first-order valence-corrected chi connectivity index (χ1v) is 20.4. The van der Waals surface area contributed by atoms with Crippen LogP contribution in [-0.2, 0) is 0 Å². The topological polar surface area (TPSA) is 37.6 Å². The average Bonchev–Trinajstić information content (AvgIpc) is 3.40. The van der Waals surface area contributed by atoms with Gasteiger partial charge in [0, 0.05) is 42.1 Å². The largest absolute Gasteiger partial charge is 0.269 e. The molecule has 1 aliphatic heterocycles. The number of hydrogen-bond acceptors (Lipinski definition) is 3. The standard InChI is InChI=1S/C51H51N3/c1-5-33-30-53-51(54-31-33)42-18-16-37-15-17-40(29-48(37)32(4)27-42)39-20-22-45-41(28-39)21-23-44(43(45)7-3)35-11-13-36(14-12-35)46-25-26-52-50-47(46)24-19-38-10-8-9-34(6-2)49(38)50/h8,10-26,28-30,32-34,42-44H,5-7,9,27,31H2,1-4H3. The van der Waals surface area contributed by atoms with Gasteiger partial charge < -0.3 is 0 Å². The lowest BCUT2D eigenvalue weighted by Crippen LogP contribution is -2.20. The van der Waals surface area contributed by atoms with Crippen molar-refractivity contribution in [3.05, 3.63) is 142 Å². The van der Waals surface area contributed by atoms with E-state index in [4.69, 9.17) is 15.0 Å². The highest BCUT2D eigenvalue weighted by Crippen LogP contribution is 2.45. The zero-order valence-electron chi connectivity index (χ0n) is 32.2. The zero-order valence-corrected chi connectivity index (χ0v) is 32.2. The van der Waals surface area contributed by atoms with E-state index in [0.29, 0.717) is 29.6 Å². The third-order valence-electron chi connectivity index (χ3n) is 12.9. The fourth-order valence-electron chi connectivity index (χ4n) is 9.66. The molecule has 6 unspecified atom stereocenters. The van der Waals surface area contributed by atoms with Gasteiger partial charge in [-0.05, 0) is 123 Å². The monoisotopic (exact) mass is 705 g/mol. The first-order chi connectivity index (χ1) is 26.5. The minimum Gasteiger partial charge on any atom is -0.269 e. The van der Waals surface area contributed by atoms with Gasteiger partial charge in [-0.25, -0.2) is 4.99 Å². The Labute approximate surface area is 321 Å². The Morgan fingerprint density at radius 3 is 2.30 bits per heavy atom. The minimum absolute atomic E-state index is 0.265. The van der Waals surface area contributed by atoms with Crippen molar-refractivity contribution < 1.29 is 0 Å². The van der Waals surface area contributed by atoms with E-state index in [2.05, 4.69) is 149 Å². The molecular formula is C51H51N3. The van der Waals surface area contributed by atoms with E-state index >= 15 is 0 Å². The van der Waals surface area contributed by atoms with Crippen LogP contribution < -0.4 is 0 Å². The van der Waals surface area contributed by atoms with E-state index in [9.17, 15) is 0 Å². The number of nitrogens with zero attached hydrogens (tertiary/aromatic N) is 3. The lowest BCUT2D eigenvalue weighted by atomic mass is 9.74. The number of fused-ring (bicyclic) bond motifs is 5. The molecule has 5 aromatic rings. The smallest absolute Gasteiger partial charge is 0.129 e. The van der Waals surface area contributed by atoms with Gasteiger partial charge >= 0.3 is 0 Å². The fourth-order valence-corrected chi connectivity index (χ4v) is 9.66. The van der Waals surface area contributed by atoms with Gasteiger partial charge in [0.05, 0.1) is 5.52 Å². The number of hydrogen-bond donors (Lipinski definition) is 0. The zero-order chi connectivity index (χ0) is 36.8. The minimum atomic E-state index is 0.265. The van der Waals surface area contributed by atoms with E-state index in [1.165, 1.54) is 72.1 Å². The van der Waals surface area contributed by atoms with Crippen molar-refractivity contribution >= 4 is 41.2 Å². The molecule has 54 heavy (non-hydrogen) atoms. The highest BCUT2D eigenvalue weighted by molar-refractivity contribution is 5.98. The molecule has 6 atom stereocenters. The number of allylic oxidation sites excluding steroid dienone is 2. The molecule has 0 spiro atoms. The van der Waals surface area contributed by atoms with Crippen molar-refractivity contribution in [2.45, 2.75) is 83.5 Å². The first kappa shape index (κ1) is 34.6. The van der Waals surface area contributed by atoms with Crippen LogP contribution in [0.25, 0.3) is 51.4 Å². The summed E-state index contributed by atoms with van der Waals surface area (Å²) >= 11 is 0. The second kappa shape index (κ2) is 14.6. The van der Waals surface area contributed by atoms with E-state index < -0.39 is 0 Å². The van der Waals surface area contributed by atoms with Gasteiger partial charge in [0.25, 0.3) is 0 Å². The summed E-state index contributed by atoms with van der Waals surface area (Å²) in [6, 6.07) is 30.3. The molecule has 270 valence electrons. The van der Waals surface area contributed by atoms with Gasteiger partial charge in [0.1, 0.15) is 5.84 Å². The molecule has 3 heteroatoms. The fraction of sp³-hybridized carbons (Fsp3) is 0.314. The Hall–Kier alpha value is -5.15. The summed E-state index contributed by atoms with van der Waals surface area (Å²) < 4.78 is 0. The molecule has 0 saturated heterocycles. The molecular weight excluding hydrogens is 655 g/mol. The van der Waals surface area contributed by atoms with Crippen LogP contribution in [0.3, 0.4) is 0 Å². The maximum absolute atomic E-state index is 4.93. The molecule has 0 amide bonds. The van der Waals surface area contributed by atoms with Crippen molar-refractivity contribution in [3.8, 4) is 22.3 Å². The lowest BCUT2D eigenvalue weighted by Gasteiger charge is -2.30. The molecule has 4 aromatic carbocycles. The molecule has 0 fully saturated rings. The Bertz CT molecular complexity index is 2370. The van der Waals surface area contributed by atoms with Crippen LogP contribution in [0.2, 0.25) is 0 Å². The second-order valence-corrected chi connectivity index (χ2v) is 16.0. The van der Waals surface area contributed by atoms with Crippen molar-refractivity contribution in [1.82, 2.24) is 4.98 Å². The second-order valence-electron chi connectivity index (χ2n) is 16.0. The molecule has 2 heterocycles. The van der Waals surface area contributed by atoms with Crippen LogP contribution >= 0.6 is 0 Å². The van der Waals surface area contributed by atoms with E-state index in [0.717, 1.165) is 44.5 Å². The maximum atomic E-state index is 4.93. The molecule has 1 aromatic heterocycles. The van der Waals surface area contributed by atoms with Gasteiger partial charge in [-0.3, -0.25) is 9.98 Å². The van der Waals surface area contributed by atoms with E-state index in [1.807, 2.05) is 6.20 Å². The van der Waals surface area contributed by atoms with Crippen molar-refractivity contribution in [1.29, 1.82) is 0 Å². The van der Waals surface area contributed by atoms with Crippen LogP contribution in [-0.4, -0.2) is 23.6 Å². The highest BCUT2D eigenvalue weighted by atomic mass is 14.9. The summed E-state index contributed by atoms with van der Waals surface area (Å²) in [5, 5.41) is 1.25. The molecule has 9 rings (SSSR count). The molecule has 0 radical (unpaired) electrons. The predicted octanol–water partition coefficient (Wildman–Crippen LogP) is 13.4. The lowest BCUT2D eigenvalue weighted by molar-refractivity contribution is 0.594. The van der Waals surface area contributed by atoms with Gasteiger partial charge in [0.15, 0.2) is 0 Å². The third kappa shape index (κ3) is 6.22. The normalized spacial score (nSPS) is 24.1. The maximum Gasteiger partial charge on any atom is 0.129 e. The number of benzene rings is 4. The van der Waals surface area contributed by atoms with Gasteiger partial charge in [-0.2, -0.15) is 0 Å². The summed E-state index contributed by atoms with van der Waals surface area (Å²) in [4.78, 5) is 14.6. The Balaban J connectivity index is 0.955. The Kier molecular flexibility index (Phi) is 9.35. The Morgan fingerprint density at radius 1 is 0.704 bits per heavy atom. The SMILES string of the molecule is CCC1C=NC(C2C=Cc3ccc(-c4ccc5c(c4)C=CC(c4ccc(-c6ccnc7c8c(ccc67)C=CCC8CC)cc4)C5CC)cc3C(C)C2)=NC1.